The number of hydrogen-bond acceptors (Lipinski definition) is 6. The number of hydrogen-bond donors (Lipinski definition) is 1. The largest absolute Gasteiger partial charge is 0.493 e. The number of rotatable bonds is 20. The van der Waals surface area contributed by atoms with Gasteiger partial charge in [0.25, 0.3) is 0 Å². The molecule has 0 aromatic heterocycles. The lowest BCUT2D eigenvalue weighted by Gasteiger charge is -2.36. The van der Waals surface area contributed by atoms with Crippen molar-refractivity contribution in [2.75, 3.05) is 26.4 Å². The van der Waals surface area contributed by atoms with Crippen LogP contribution in [0, 0.1) is 0 Å². The molecule has 44 heavy (non-hydrogen) atoms. The van der Waals surface area contributed by atoms with Crippen molar-refractivity contribution in [2.24, 2.45) is 0 Å². The molecule has 0 bridgehead atoms. The molecule has 6 nitrogen and oxygen atoms in total. The minimum atomic E-state index is -0.237. The molecule has 1 N–H and O–H groups in total. The van der Waals surface area contributed by atoms with Gasteiger partial charge >= 0.3 is 0 Å². The van der Waals surface area contributed by atoms with E-state index in [4.69, 9.17) is 23.7 Å². The molecule has 4 rings (SSSR count). The quantitative estimate of drug-likeness (QED) is 0.130. The molecule has 0 unspecified atom stereocenters. The Morgan fingerprint density at radius 2 is 1.27 bits per heavy atom. The first-order chi connectivity index (χ1) is 21.7. The second-order valence-corrected chi connectivity index (χ2v) is 11.6. The van der Waals surface area contributed by atoms with Crippen LogP contribution in [0.2, 0.25) is 0 Å². The van der Waals surface area contributed by atoms with Crippen LogP contribution in [0.3, 0.4) is 0 Å². The van der Waals surface area contributed by atoms with Crippen LogP contribution in [-0.4, -0.2) is 32.5 Å². The van der Waals surface area contributed by atoms with Crippen molar-refractivity contribution in [3.05, 3.63) is 77.4 Å². The van der Waals surface area contributed by atoms with Crippen LogP contribution in [0.25, 0.3) is 0 Å². The normalized spacial score (nSPS) is 15.7. The summed E-state index contributed by atoms with van der Waals surface area (Å²) in [5.41, 5.74) is 3.38. The van der Waals surface area contributed by atoms with Crippen LogP contribution in [0.4, 0.5) is 0 Å². The van der Waals surface area contributed by atoms with Gasteiger partial charge in [0.05, 0.1) is 32.5 Å². The van der Waals surface area contributed by atoms with Gasteiger partial charge < -0.3 is 29.0 Å². The van der Waals surface area contributed by atoms with Gasteiger partial charge in [-0.1, -0.05) is 89.8 Å². The van der Waals surface area contributed by atoms with Gasteiger partial charge in [-0.2, -0.15) is 0 Å². The van der Waals surface area contributed by atoms with Gasteiger partial charge in [0.2, 0.25) is 0 Å². The molecule has 0 saturated heterocycles. The van der Waals surface area contributed by atoms with Gasteiger partial charge in [0.15, 0.2) is 11.5 Å². The molecule has 6 heteroatoms. The van der Waals surface area contributed by atoms with E-state index in [9.17, 15) is 0 Å². The van der Waals surface area contributed by atoms with E-state index in [1.165, 1.54) is 5.56 Å². The molecular weight excluding hydrogens is 550 g/mol. The van der Waals surface area contributed by atoms with Crippen LogP contribution in [0.15, 0.2) is 60.7 Å². The highest BCUT2D eigenvalue weighted by Gasteiger charge is 2.34. The minimum absolute atomic E-state index is 0.0124. The van der Waals surface area contributed by atoms with Crippen molar-refractivity contribution in [3.8, 4) is 28.7 Å². The Kier molecular flexibility index (Phi) is 14.0. The lowest BCUT2D eigenvalue weighted by molar-refractivity contribution is 0.129. The molecule has 0 fully saturated rings. The monoisotopic (exact) mass is 603 g/mol. The lowest BCUT2D eigenvalue weighted by Crippen LogP contribution is -2.41. The maximum absolute atomic E-state index is 6.91. The summed E-state index contributed by atoms with van der Waals surface area (Å²) in [4.78, 5) is 0. The van der Waals surface area contributed by atoms with E-state index >= 15 is 0 Å². The van der Waals surface area contributed by atoms with E-state index in [1.807, 2.05) is 18.2 Å². The molecule has 1 aliphatic rings. The SMILES string of the molecule is CCCCOc1cc(OCCCC)c2c(c1)O[C@H](c1ccc(OCCCC)c(OCCCC)c1)[C@@H](NCc1ccccc1)C2. The Bertz CT molecular complexity index is 1250. The van der Waals surface area contributed by atoms with E-state index in [0.29, 0.717) is 26.4 Å². The first kappa shape index (κ1) is 33.5. The van der Waals surface area contributed by atoms with Crippen LogP contribution in [0.5, 0.6) is 28.7 Å². The van der Waals surface area contributed by atoms with Crippen molar-refractivity contribution in [3.63, 3.8) is 0 Å². The zero-order valence-electron chi connectivity index (χ0n) is 27.4. The third-order valence-electron chi connectivity index (χ3n) is 7.93. The molecule has 0 aliphatic carbocycles. The van der Waals surface area contributed by atoms with Crippen molar-refractivity contribution in [1.29, 1.82) is 0 Å². The van der Waals surface area contributed by atoms with E-state index in [2.05, 4.69) is 75.5 Å². The molecule has 0 saturated carbocycles. The van der Waals surface area contributed by atoms with Crippen LogP contribution >= 0.6 is 0 Å². The Balaban J connectivity index is 1.68. The molecule has 240 valence electrons. The molecule has 2 atom stereocenters. The maximum Gasteiger partial charge on any atom is 0.161 e. The third kappa shape index (κ3) is 9.82. The summed E-state index contributed by atoms with van der Waals surface area (Å²) in [6.45, 7) is 12.1. The number of fused-ring (bicyclic) bond motifs is 1. The third-order valence-corrected chi connectivity index (χ3v) is 7.93. The topological polar surface area (TPSA) is 58.2 Å². The van der Waals surface area contributed by atoms with E-state index < -0.39 is 0 Å². The predicted octanol–water partition coefficient (Wildman–Crippen LogP) is 9.24. The Morgan fingerprint density at radius 1 is 0.659 bits per heavy atom. The average Bonchev–Trinajstić information content (AvgIpc) is 3.05. The Hall–Kier alpha value is -3.38. The standard InChI is InChI=1S/C38H53NO5/c1-5-9-20-40-31-25-35(42-22-11-7-3)32-27-33(39-28-29-16-14-13-15-17-29)38(44-36(32)26-31)30-18-19-34(41-21-10-6-2)37(24-30)43-23-12-8-4/h13-19,24-26,33,38-39H,5-12,20-23,27-28H2,1-4H3/t33-,38+/m0/s1. The molecule has 1 aliphatic heterocycles. The number of benzene rings is 3. The van der Waals surface area contributed by atoms with Gasteiger partial charge in [0, 0.05) is 24.2 Å². The van der Waals surface area contributed by atoms with Crippen LogP contribution in [-0.2, 0) is 13.0 Å². The van der Waals surface area contributed by atoms with Gasteiger partial charge in [0.1, 0.15) is 23.4 Å². The van der Waals surface area contributed by atoms with Crippen molar-refractivity contribution in [1.82, 2.24) is 5.32 Å². The molecule has 3 aromatic rings. The fourth-order valence-corrected chi connectivity index (χ4v) is 5.23. The smallest absolute Gasteiger partial charge is 0.161 e. The van der Waals surface area contributed by atoms with Crippen LogP contribution < -0.4 is 29.0 Å². The predicted molar refractivity (Wildman–Crippen MR) is 179 cm³/mol. The maximum atomic E-state index is 6.91. The second-order valence-electron chi connectivity index (χ2n) is 11.6. The fraction of sp³-hybridized carbons (Fsp3) is 0.526. The first-order valence-electron chi connectivity index (χ1n) is 16.9. The lowest BCUT2D eigenvalue weighted by atomic mass is 9.91. The summed E-state index contributed by atoms with van der Waals surface area (Å²) in [7, 11) is 0. The van der Waals surface area contributed by atoms with Gasteiger partial charge in [-0.25, -0.2) is 0 Å². The summed E-state index contributed by atoms with van der Waals surface area (Å²) in [6, 6.07) is 20.9. The van der Waals surface area contributed by atoms with E-state index in [0.717, 1.165) is 104 Å². The van der Waals surface area contributed by atoms with Crippen LogP contribution in [0.1, 0.15) is 102 Å². The van der Waals surface area contributed by atoms with Gasteiger partial charge in [-0.15, -0.1) is 0 Å². The number of ether oxygens (including phenoxy) is 5. The van der Waals surface area contributed by atoms with Crippen molar-refractivity contribution >= 4 is 0 Å². The van der Waals surface area contributed by atoms with Gasteiger partial charge in [-0.05, 0) is 55.4 Å². The minimum Gasteiger partial charge on any atom is -0.493 e. The zero-order valence-corrected chi connectivity index (χ0v) is 27.4. The second kappa shape index (κ2) is 18.4. The number of nitrogens with one attached hydrogen (secondary N) is 1. The summed E-state index contributed by atoms with van der Waals surface area (Å²) >= 11 is 0. The van der Waals surface area contributed by atoms with Gasteiger partial charge in [-0.3, -0.25) is 0 Å². The average molecular weight is 604 g/mol. The fourth-order valence-electron chi connectivity index (χ4n) is 5.23. The van der Waals surface area contributed by atoms with Crippen molar-refractivity contribution in [2.45, 2.75) is 104 Å². The molecule has 0 amide bonds. The zero-order chi connectivity index (χ0) is 31.0. The van der Waals surface area contributed by atoms with E-state index in [1.54, 1.807) is 0 Å². The molecule has 3 aromatic carbocycles. The first-order valence-corrected chi connectivity index (χ1v) is 16.9. The number of unbranched alkanes of at least 4 members (excludes halogenated alkanes) is 4. The summed E-state index contributed by atoms with van der Waals surface area (Å²) in [5.74, 6) is 4.05. The highest BCUT2D eigenvalue weighted by atomic mass is 16.5. The summed E-state index contributed by atoms with van der Waals surface area (Å²) in [5, 5.41) is 3.82. The van der Waals surface area contributed by atoms with Crippen molar-refractivity contribution < 1.29 is 23.7 Å². The van der Waals surface area contributed by atoms with E-state index in [-0.39, 0.29) is 12.1 Å². The highest BCUT2D eigenvalue weighted by molar-refractivity contribution is 5.53. The molecule has 0 spiro atoms. The summed E-state index contributed by atoms with van der Waals surface area (Å²) in [6.07, 6.45) is 8.86. The molecule has 1 heterocycles. The summed E-state index contributed by atoms with van der Waals surface area (Å²) < 4.78 is 31.9. The molecule has 0 radical (unpaired) electrons. The molecular formula is C38H53NO5. The highest BCUT2D eigenvalue weighted by Crippen LogP contribution is 2.44. The Morgan fingerprint density at radius 3 is 1.93 bits per heavy atom. The Labute approximate surface area is 265 Å².